The minimum absolute atomic E-state index is 0.00975. The number of nitrogens with two attached hydrogens (primary N) is 1. The van der Waals surface area contributed by atoms with Crippen molar-refractivity contribution in [2.45, 2.75) is 0 Å². The van der Waals surface area contributed by atoms with E-state index in [1.165, 1.54) is 12.1 Å². The number of hydrogen-bond acceptors (Lipinski definition) is 4. The van der Waals surface area contributed by atoms with Crippen molar-refractivity contribution in [1.82, 2.24) is 4.98 Å². The fraction of sp³-hybridized carbons (Fsp3) is 0. The first kappa shape index (κ1) is 14.9. The average molecular weight is 323 g/mol. The van der Waals surface area contributed by atoms with Crippen LogP contribution in [0.4, 0.5) is 10.2 Å². The maximum atomic E-state index is 13.8. The average Bonchev–Trinajstić information content (AvgIpc) is 2.44. The number of nitrogens with one attached hydrogen (secondary N) is 1. The molecule has 0 amide bonds. The third-order valence-corrected chi connectivity index (χ3v) is 3.43. The van der Waals surface area contributed by atoms with Crippen LogP contribution < -0.4 is 11.3 Å². The third kappa shape index (κ3) is 2.31. The van der Waals surface area contributed by atoms with E-state index in [9.17, 15) is 9.18 Å². The lowest BCUT2D eigenvalue weighted by molar-refractivity contribution is 0.629. The van der Waals surface area contributed by atoms with E-state index in [-0.39, 0.29) is 33.1 Å². The summed E-state index contributed by atoms with van der Waals surface area (Å²) in [4.78, 5) is 13.9. The molecule has 0 aliphatic carbocycles. The van der Waals surface area contributed by atoms with Gasteiger partial charge in [-0.3, -0.25) is 4.79 Å². The Morgan fingerprint density at radius 3 is 2.38 bits per heavy atom. The maximum Gasteiger partial charge on any atom is 0.268 e. The maximum absolute atomic E-state index is 13.8. The molecule has 0 bridgehead atoms. The van der Waals surface area contributed by atoms with Gasteiger partial charge < -0.3 is 10.7 Å². The SMILES string of the molecule is N#Cc1c(N)[nH]c(=O)c(C#N)c1-c1ccc(Cl)c(F)c1Cl. The number of aromatic nitrogens is 1. The van der Waals surface area contributed by atoms with E-state index in [1.807, 2.05) is 0 Å². The highest BCUT2D eigenvalue weighted by Crippen LogP contribution is 2.37. The summed E-state index contributed by atoms with van der Waals surface area (Å²) in [6.07, 6.45) is 0. The van der Waals surface area contributed by atoms with Gasteiger partial charge in [0.25, 0.3) is 5.56 Å². The molecular weight excluding hydrogens is 318 g/mol. The lowest BCUT2D eigenvalue weighted by atomic mass is 9.96. The van der Waals surface area contributed by atoms with E-state index < -0.39 is 16.4 Å². The third-order valence-electron chi connectivity index (χ3n) is 2.77. The molecule has 3 N–H and O–H groups in total. The van der Waals surface area contributed by atoms with Crippen LogP contribution in [0, 0.1) is 28.5 Å². The summed E-state index contributed by atoms with van der Waals surface area (Å²) in [5.41, 5.74) is 4.08. The van der Waals surface area contributed by atoms with E-state index in [1.54, 1.807) is 12.1 Å². The molecule has 0 aliphatic rings. The molecule has 8 heteroatoms. The van der Waals surface area contributed by atoms with Crippen molar-refractivity contribution < 1.29 is 4.39 Å². The lowest BCUT2D eigenvalue weighted by Crippen LogP contribution is -2.16. The predicted molar refractivity (Wildman–Crippen MR) is 76.3 cm³/mol. The first-order chi connectivity index (χ1) is 9.92. The second-order valence-electron chi connectivity index (χ2n) is 3.94. The number of H-pyrrole nitrogens is 1. The number of hydrogen-bond donors (Lipinski definition) is 2. The van der Waals surface area contributed by atoms with Gasteiger partial charge in [0.2, 0.25) is 0 Å². The van der Waals surface area contributed by atoms with E-state index in [4.69, 9.17) is 39.5 Å². The molecule has 2 rings (SSSR count). The standard InChI is InChI=1S/C13H5Cl2FN4O/c14-8-2-1-5(10(15)11(8)16)9-6(3-17)12(19)20-13(21)7(9)4-18/h1-2H,(H3,19,20,21). The number of anilines is 1. The van der Waals surface area contributed by atoms with Crippen LogP contribution in [0.1, 0.15) is 11.1 Å². The van der Waals surface area contributed by atoms with Gasteiger partial charge in [0.05, 0.1) is 10.0 Å². The van der Waals surface area contributed by atoms with Gasteiger partial charge in [-0.25, -0.2) is 4.39 Å². The smallest absolute Gasteiger partial charge is 0.268 e. The molecule has 104 valence electrons. The monoisotopic (exact) mass is 322 g/mol. The second-order valence-corrected chi connectivity index (χ2v) is 4.72. The van der Waals surface area contributed by atoms with Gasteiger partial charge in [-0.1, -0.05) is 29.3 Å². The highest BCUT2D eigenvalue weighted by molar-refractivity contribution is 6.36. The zero-order valence-electron chi connectivity index (χ0n) is 10.2. The van der Waals surface area contributed by atoms with Crippen LogP contribution in [0.25, 0.3) is 11.1 Å². The largest absolute Gasteiger partial charge is 0.384 e. The molecule has 0 atom stereocenters. The molecule has 0 saturated heterocycles. The number of nitrogens with zero attached hydrogens (tertiary/aromatic N) is 2. The summed E-state index contributed by atoms with van der Waals surface area (Å²) in [5.74, 6) is -1.15. The highest BCUT2D eigenvalue weighted by Gasteiger charge is 2.22. The van der Waals surface area contributed by atoms with Crippen molar-refractivity contribution >= 4 is 29.0 Å². The number of nitriles is 2. The van der Waals surface area contributed by atoms with E-state index in [2.05, 4.69) is 4.98 Å². The zero-order chi connectivity index (χ0) is 15.7. The molecule has 0 spiro atoms. The van der Waals surface area contributed by atoms with E-state index in [0.717, 1.165) is 0 Å². The molecular formula is C13H5Cl2FN4O. The summed E-state index contributed by atoms with van der Waals surface area (Å²) in [6.45, 7) is 0. The van der Waals surface area contributed by atoms with E-state index in [0.29, 0.717) is 0 Å². The first-order valence-electron chi connectivity index (χ1n) is 5.42. The quantitative estimate of drug-likeness (QED) is 0.787. The molecule has 0 fully saturated rings. The Kier molecular flexibility index (Phi) is 3.86. The van der Waals surface area contributed by atoms with Crippen molar-refractivity contribution in [2.75, 3.05) is 5.73 Å². The Balaban J connectivity index is 3.01. The summed E-state index contributed by atoms with van der Waals surface area (Å²) in [7, 11) is 0. The fourth-order valence-corrected chi connectivity index (χ4v) is 2.30. The Bertz CT molecular complexity index is 893. The molecule has 0 saturated carbocycles. The van der Waals surface area contributed by atoms with Crippen LogP contribution in [-0.4, -0.2) is 4.98 Å². The zero-order valence-corrected chi connectivity index (χ0v) is 11.7. The van der Waals surface area contributed by atoms with Crippen LogP contribution >= 0.6 is 23.2 Å². The molecule has 21 heavy (non-hydrogen) atoms. The number of nitrogen functional groups attached to an aromatic ring is 1. The van der Waals surface area contributed by atoms with Crippen LogP contribution in [0.5, 0.6) is 0 Å². The molecule has 1 aromatic heterocycles. The van der Waals surface area contributed by atoms with Crippen LogP contribution in [0.15, 0.2) is 16.9 Å². The Hall–Kier alpha value is -2.54. The van der Waals surface area contributed by atoms with E-state index >= 15 is 0 Å². The summed E-state index contributed by atoms with van der Waals surface area (Å²) in [6, 6.07) is 5.94. The van der Waals surface area contributed by atoms with Crippen molar-refractivity contribution in [3.63, 3.8) is 0 Å². The lowest BCUT2D eigenvalue weighted by Gasteiger charge is -2.11. The van der Waals surface area contributed by atoms with Gasteiger partial charge in [-0.15, -0.1) is 0 Å². The molecule has 0 radical (unpaired) electrons. The van der Waals surface area contributed by atoms with Crippen molar-refractivity contribution in [2.24, 2.45) is 0 Å². The minimum atomic E-state index is -0.914. The predicted octanol–water partition coefficient (Wildman–Crippen LogP) is 2.81. The van der Waals surface area contributed by atoms with Gasteiger partial charge in [0.15, 0.2) is 5.82 Å². The van der Waals surface area contributed by atoms with Gasteiger partial charge in [0.1, 0.15) is 29.1 Å². The summed E-state index contributed by atoms with van der Waals surface area (Å²) < 4.78 is 13.8. The van der Waals surface area contributed by atoms with Gasteiger partial charge in [0, 0.05) is 11.1 Å². The molecule has 5 nitrogen and oxygen atoms in total. The number of halogens is 3. The molecule has 0 aliphatic heterocycles. The molecule has 1 aromatic carbocycles. The van der Waals surface area contributed by atoms with Crippen molar-refractivity contribution in [3.05, 3.63) is 49.5 Å². The van der Waals surface area contributed by atoms with Gasteiger partial charge >= 0.3 is 0 Å². The van der Waals surface area contributed by atoms with Crippen molar-refractivity contribution in [3.8, 4) is 23.3 Å². The van der Waals surface area contributed by atoms with Gasteiger partial charge in [-0.2, -0.15) is 10.5 Å². The number of aromatic amines is 1. The number of rotatable bonds is 1. The highest BCUT2D eigenvalue weighted by atomic mass is 35.5. The summed E-state index contributed by atoms with van der Waals surface area (Å²) >= 11 is 11.5. The Labute approximate surface area is 127 Å². The normalized spacial score (nSPS) is 9.95. The van der Waals surface area contributed by atoms with Crippen LogP contribution in [0.3, 0.4) is 0 Å². The van der Waals surface area contributed by atoms with Crippen LogP contribution in [-0.2, 0) is 0 Å². The number of benzene rings is 1. The number of pyridine rings is 1. The minimum Gasteiger partial charge on any atom is -0.384 e. The van der Waals surface area contributed by atoms with Crippen molar-refractivity contribution in [1.29, 1.82) is 10.5 Å². The second kappa shape index (κ2) is 5.45. The topological polar surface area (TPSA) is 106 Å². The fourth-order valence-electron chi connectivity index (χ4n) is 1.83. The Morgan fingerprint density at radius 2 is 1.81 bits per heavy atom. The molecule has 0 unspecified atom stereocenters. The summed E-state index contributed by atoms with van der Waals surface area (Å²) in [5, 5.41) is 17.6. The molecule has 2 aromatic rings. The Morgan fingerprint density at radius 1 is 1.19 bits per heavy atom. The first-order valence-corrected chi connectivity index (χ1v) is 6.17. The van der Waals surface area contributed by atoms with Gasteiger partial charge in [-0.05, 0) is 6.07 Å². The van der Waals surface area contributed by atoms with Crippen LogP contribution in [0.2, 0.25) is 10.0 Å². The molecule has 1 heterocycles.